The summed E-state index contributed by atoms with van der Waals surface area (Å²) in [7, 11) is 2.89. The minimum absolute atomic E-state index is 0.0816. The van der Waals surface area contributed by atoms with E-state index in [1.165, 1.54) is 14.2 Å². The number of methoxy groups -OCH3 is 2. The number of aliphatic carboxylic acids is 1. The van der Waals surface area contributed by atoms with Crippen molar-refractivity contribution >= 4 is 17.3 Å². The van der Waals surface area contributed by atoms with Gasteiger partial charge in [0.05, 0.1) is 14.2 Å². The number of rotatable bonds is 3. The van der Waals surface area contributed by atoms with Crippen LogP contribution in [0, 0.1) is 0 Å². The minimum atomic E-state index is -1.83. The average molecular weight is 282 g/mol. The molecule has 1 aliphatic rings. The summed E-state index contributed by atoms with van der Waals surface area (Å²) in [6.07, 6.45) is 0.308. The molecule has 1 aromatic carbocycles. The third-order valence-electron chi connectivity index (χ3n) is 3.76. The largest absolute Gasteiger partial charge is 0.494 e. The molecule has 7 nitrogen and oxygen atoms in total. The van der Waals surface area contributed by atoms with Crippen LogP contribution < -0.4 is 20.9 Å². The number of ether oxygens (including phenoxy) is 2. The van der Waals surface area contributed by atoms with Crippen molar-refractivity contribution in [2.75, 3.05) is 25.7 Å². The molecule has 7 heteroatoms. The van der Waals surface area contributed by atoms with E-state index < -0.39 is 11.6 Å². The molecule has 1 aliphatic carbocycles. The van der Waals surface area contributed by atoms with Crippen molar-refractivity contribution in [1.29, 1.82) is 0 Å². The average Bonchev–Trinajstić information content (AvgIpc) is 2.41. The van der Waals surface area contributed by atoms with Crippen LogP contribution in [0.4, 0.5) is 11.4 Å². The molecular formula is C13H18N2O5. The van der Waals surface area contributed by atoms with Crippen molar-refractivity contribution in [3.05, 3.63) is 11.1 Å². The fourth-order valence-electron chi connectivity index (χ4n) is 2.66. The van der Waals surface area contributed by atoms with Crippen LogP contribution in [0.25, 0.3) is 0 Å². The van der Waals surface area contributed by atoms with Crippen molar-refractivity contribution in [1.82, 2.24) is 0 Å². The lowest BCUT2D eigenvalue weighted by molar-refractivity contribution is -0.159. The van der Waals surface area contributed by atoms with Gasteiger partial charge in [0.15, 0.2) is 5.60 Å². The number of carbonyl (C=O) groups is 1. The molecule has 1 unspecified atom stereocenters. The van der Waals surface area contributed by atoms with Gasteiger partial charge in [-0.15, -0.1) is 0 Å². The highest BCUT2D eigenvalue weighted by atomic mass is 16.5. The van der Waals surface area contributed by atoms with E-state index in [0.717, 1.165) is 5.56 Å². The first-order valence-corrected chi connectivity index (χ1v) is 6.12. The van der Waals surface area contributed by atoms with Crippen LogP contribution in [0.3, 0.4) is 0 Å². The Morgan fingerprint density at radius 3 is 2.10 bits per heavy atom. The number of nitrogen functional groups attached to an aromatic ring is 2. The van der Waals surface area contributed by atoms with Gasteiger partial charge in [-0.3, -0.25) is 0 Å². The molecule has 110 valence electrons. The van der Waals surface area contributed by atoms with E-state index in [1.54, 1.807) is 0 Å². The van der Waals surface area contributed by atoms with Crippen molar-refractivity contribution < 1.29 is 24.5 Å². The summed E-state index contributed by atoms with van der Waals surface area (Å²) in [5.74, 6) is -0.539. The lowest BCUT2D eigenvalue weighted by Crippen LogP contribution is -2.44. The van der Waals surface area contributed by atoms with Crippen LogP contribution >= 0.6 is 0 Å². The molecule has 0 bridgehead atoms. The third-order valence-corrected chi connectivity index (χ3v) is 3.76. The fourth-order valence-corrected chi connectivity index (χ4v) is 2.66. The molecule has 0 spiro atoms. The first-order valence-electron chi connectivity index (χ1n) is 6.12. The first kappa shape index (κ1) is 14.3. The molecule has 0 aliphatic heterocycles. The van der Waals surface area contributed by atoms with E-state index in [4.69, 9.17) is 26.0 Å². The maximum atomic E-state index is 11.2. The summed E-state index contributed by atoms with van der Waals surface area (Å²) >= 11 is 0. The lowest BCUT2D eigenvalue weighted by Gasteiger charge is -2.32. The van der Waals surface area contributed by atoms with E-state index in [-0.39, 0.29) is 24.2 Å². The lowest BCUT2D eigenvalue weighted by atomic mass is 9.79. The Hall–Kier alpha value is -2.15. The van der Waals surface area contributed by atoms with Gasteiger partial charge in [-0.2, -0.15) is 0 Å². The maximum Gasteiger partial charge on any atom is 0.336 e. The van der Waals surface area contributed by atoms with E-state index >= 15 is 0 Å². The predicted octanol–water partition coefficient (Wildman–Crippen LogP) is 0.173. The second-order valence-electron chi connectivity index (χ2n) is 4.86. The molecule has 0 heterocycles. The molecular weight excluding hydrogens is 264 g/mol. The Bertz CT molecular complexity index is 573. The van der Waals surface area contributed by atoms with E-state index in [0.29, 0.717) is 23.5 Å². The van der Waals surface area contributed by atoms with Gasteiger partial charge >= 0.3 is 5.97 Å². The monoisotopic (exact) mass is 282 g/mol. The van der Waals surface area contributed by atoms with Gasteiger partial charge in [0.2, 0.25) is 0 Å². The van der Waals surface area contributed by atoms with Crippen LogP contribution in [0.5, 0.6) is 11.5 Å². The Balaban J connectivity index is 2.67. The molecule has 20 heavy (non-hydrogen) atoms. The molecule has 0 fully saturated rings. The summed E-state index contributed by atoms with van der Waals surface area (Å²) in [6, 6.07) is 0. The molecule has 6 N–H and O–H groups in total. The van der Waals surface area contributed by atoms with Crippen LogP contribution in [-0.2, 0) is 17.6 Å². The van der Waals surface area contributed by atoms with Crippen LogP contribution in [0.1, 0.15) is 17.5 Å². The smallest absolute Gasteiger partial charge is 0.336 e. The summed E-state index contributed by atoms with van der Waals surface area (Å²) < 4.78 is 10.5. The summed E-state index contributed by atoms with van der Waals surface area (Å²) in [5, 5.41) is 19.3. The van der Waals surface area contributed by atoms with Gasteiger partial charge in [0, 0.05) is 17.5 Å². The Morgan fingerprint density at radius 2 is 1.65 bits per heavy atom. The Morgan fingerprint density at radius 1 is 1.15 bits per heavy atom. The molecule has 0 radical (unpaired) electrons. The number of anilines is 2. The zero-order valence-corrected chi connectivity index (χ0v) is 11.4. The maximum absolute atomic E-state index is 11.2. The molecule has 0 aromatic heterocycles. The fraction of sp³-hybridized carbons (Fsp3) is 0.462. The van der Waals surface area contributed by atoms with Crippen molar-refractivity contribution in [3.63, 3.8) is 0 Å². The van der Waals surface area contributed by atoms with E-state index in [2.05, 4.69) is 0 Å². The van der Waals surface area contributed by atoms with E-state index in [9.17, 15) is 9.90 Å². The van der Waals surface area contributed by atoms with Gasteiger partial charge in [-0.1, -0.05) is 0 Å². The van der Waals surface area contributed by atoms with Gasteiger partial charge in [0.1, 0.15) is 22.9 Å². The van der Waals surface area contributed by atoms with Crippen molar-refractivity contribution in [2.45, 2.75) is 24.9 Å². The van der Waals surface area contributed by atoms with Crippen molar-refractivity contribution in [3.8, 4) is 11.5 Å². The molecule has 2 rings (SSSR count). The number of carboxylic acids is 1. The number of hydrogen-bond donors (Lipinski definition) is 4. The van der Waals surface area contributed by atoms with Crippen LogP contribution in [0.2, 0.25) is 0 Å². The summed E-state index contributed by atoms with van der Waals surface area (Å²) in [6.45, 7) is 0. The Labute approximate surface area is 116 Å². The van der Waals surface area contributed by atoms with E-state index in [1.807, 2.05) is 0 Å². The standard InChI is InChI=1S/C13H18N2O5/c1-19-10-6-3-4-13(18,12(16)17)5-7(6)11(20-2)9(15)8(10)14/h18H,3-5,14-15H2,1-2H3,(H,16,17). The highest BCUT2D eigenvalue weighted by molar-refractivity contribution is 5.84. The van der Waals surface area contributed by atoms with Gasteiger partial charge in [0.25, 0.3) is 0 Å². The zero-order valence-electron chi connectivity index (χ0n) is 11.4. The topological polar surface area (TPSA) is 128 Å². The predicted molar refractivity (Wildman–Crippen MR) is 73.0 cm³/mol. The van der Waals surface area contributed by atoms with Crippen molar-refractivity contribution in [2.24, 2.45) is 0 Å². The normalized spacial score (nSPS) is 21.1. The number of aliphatic hydroxyl groups is 1. The van der Waals surface area contributed by atoms with Gasteiger partial charge in [-0.05, 0) is 12.8 Å². The van der Waals surface area contributed by atoms with Gasteiger partial charge in [-0.25, -0.2) is 4.79 Å². The molecule has 0 saturated carbocycles. The quantitative estimate of drug-likeness (QED) is 0.582. The summed E-state index contributed by atoms with van der Waals surface area (Å²) in [4.78, 5) is 11.2. The van der Waals surface area contributed by atoms with Gasteiger partial charge < -0.3 is 31.2 Å². The second-order valence-corrected chi connectivity index (χ2v) is 4.86. The highest BCUT2D eigenvalue weighted by Gasteiger charge is 2.42. The number of hydrogen-bond acceptors (Lipinski definition) is 6. The van der Waals surface area contributed by atoms with Crippen LogP contribution in [0.15, 0.2) is 0 Å². The molecule has 0 saturated heterocycles. The first-order chi connectivity index (χ1) is 9.35. The number of nitrogens with two attached hydrogens (primary N) is 2. The summed E-state index contributed by atoms with van der Waals surface area (Å²) in [5.41, 5.74) is 11.7. The zero-order chi connectivity index (χ0) is 15.1. The molecule has 1 aromatic rings. The number of fused-ring (bicyclic) bond motifs is 1. The highest BCUT2D eigenvalue weighted by Crippen LogP contribution is 2.47. The minimum Gasteiger partial charge on any atom is -0.494 e. The molecule has 0 amide bonds. The molecule has 1 atom stereocenters. The second kappa shape index (κ2) is 4.75. The third kappa shape index (κ3) is 1.90. The number of benzene rings is 1. The SMILES string of the molecule is COc1c(N)c(N)c(OC)c2c1CCC(O)(C(=O)O)C2. The number of carboxylic acid groups (broad SMARTS) is 1. The Kier molecular flexibility index (Phi) is 3.39. The van der Waals surface area contributed by atoms with Crippen LogP contribution in [-0.4, -0.2) is 36.0 Å².